The minimum atomic E-state index is -0.533. The van der Waals surface area contributed by atoms with Crippen molar-refractivity contribution in [2.45, 2.75) is 63.6 Å². The molecule has 0 fully saturated rings. The lowest BCUT2D eigenvalue weighted by Crippen LogP contribution is -2.25. The van der Waals surface area contributed by atoms with Crippen molar-refractivity contribution in [2.75, 3.05) is 0 Å². The largest absolute Gasteiger partial charge is 0.390 e. The number of fused-ring (bicyclic) bond motifs is 11. The van der Waals surface area contributed by atoms with Crippen molar-refractivity contribution >= 4 is 0 Å². The van der Waals surface area contributed by atoms with Gasteiger partial charge in [0.05, 0.1) is 12.2 Å². The van der Waals surface area contributed by atoms with Gasteiger partial charge in [-0.1, -0.05) is 37.1 Å². The summed E-state index contributed by atoms with van der Waals surface area (Å²) in [5.41, 5.74) is 2.76. The Morgan fingerprint density at radius 2 is 1.06 bits per heavy atom. The predicted molar refractivity (Wildman–Crippen MR) is 73.6 cm³/mol. The molecule has 0 amide bonds. The number of hydrogen-bond acceptors (Lipinski definition) is 2. The molecule has 100 valence electrons. The summed E-state index contributed by atoms with van der Waals surface area (Å²) in [6.45, 7) is 0. The molecule has 2 atom stereocenters. The molecule has 0 heterocycles. The summed E-state index contributed by atoms with van der Waals surface area (Å²) < 4.78 is 0. The van der Waals surface area contributed by atoms with Crippen molar-refractivity contribution in [3.05, 3.63) is 35.4 Å². The van der Waals surface area contributed by atoms with Gasteiger partial charge in [0.1, 0.15) is 0 Å². The van der Waals surface area contributed by atoms with Crippen LogP contribution in [0.25, 0.3) is 0 Å². The third kappa shape index (κ3) is 4.11. The normalized spacial score (nSPS) is 26.8. The standard InChI is InChI=1S/C16H24O2/c17-15-7-3-1-5-13-9-11-14(12-10-13)6-2-4-8-16(15)18/h9-12,15-18H,1-8H2/t15-,16-/m1/s1. The molecule has 1 aromatic rings. The van der Waals surface area contributed by atoms with Gasteiger partial charge in [0.25, 0.3) is 0 Å². The summed E-state index contributed by atoms with van der Waals surface area (Å²) in [5.74, 6) is 0. The molecule has 0 aromatic heterocycles. The summed E-state index contributed by atoms with van der Waals surface area (Å²) in [7, 11) is 0. The second-order valence-electron chi connectivity index (χ2n) is 5.44. The molecule has 2 aliphatic rings. The van der Waals surface area contributed by atoms with E-state index in [9.17, 15) is 10.2 Å². The van der Waals surface area contributed by atoms with E-state index in [2.05, 4.69) is 24.3 Å². The lowest BCUT2D eigenvalue weighted by molar-refractivity contribution is 0.00731. The lowest BCUT2D eigenvalue weighted by Gasteiger charge is -2.18. The molecule has 18 heavy (non-hydrogen) atoms. The van der Waals surface area contributed by atoms with Crippen LogP contribution in [0.1, 0.15) is 49.7 Å². The maximum absolute atomic E-state index is 9.83. The Labute approximate surface area is 110 Å². The molecular weight excluding hydrogens is 224 g/mol. The van der Waals surface area contributed by atoms with Gasteiger partial charge in [-0.25, -0.2) is 0 Å². The first-order chi connectivity index (χ1) is 8.75. The Hall–Kier alpha value is -0.860. The average molecular weight is 248 g/mol. The van der Waals surface area contributed by atoms with Crippen LogP contribution >= 0.6 is 0 Å². The van der Waals surface area contributed by atoms with Crippen molar-refractivity contribution in [1.82, 2.24) is 0 Å². The quantitative estimate of drug-likeness (QED) is 0.741. The first-order valence-electron chi connectivity index (χ1n) is 7.19. The van der Waals surface area contributed by atoms with Crippen LogP contribution in [-0.2, 0) is 12.8 Å². The van der Waals surface area contributed by atoms with Gasteiger partial charge < -0.3 is 10.2 Å². The second-order valence-corrected chi connectivity index (χ2v) is 5.44. The third-order valence-electron chi connectivity index (χ3n) is 3.90. The van der Waals surface area contributed by atoms with Crippen molar-refractivity contribution in [3.8, 4) is 0 Å². The van der Waals surface area contributed by atoms with Crippen LogP contribution in [-0.4, -0.2) is 22.4 Å². The van der Waals surface area contributed by atoms with Crippen molar-refractivity contribution in [1.29, 1.82) is 0 Å². The molecule has 1 aromatic carbocycles. The Morgan fingerprint density at radius 3 is 1.44 bits per heavy atom. The minimum Gasteiger partial charge on any atom is -0.390 e. The SMILES string of the molecule is O[C@@H]1CCCCc2ccc(cc2)CCCC[C@H]1O. The molecule has 3 rings (SSSR count). The first kappa shape index (κ1) is 13.6. The number of benzene rings is 1. The maximum Gasteiger partial charge on any atom is 0.0799 e. The highest BCUT2D eigenvalue weighted by atomic mass is 16.3. The highest BCUT2D eigenvalue weighted by molar-refractivity contribution is 5.22. The van der Waals surface area contributed by atoms with Crippen LogP contribution in [0.5, 0.6) is 0 Å². The van der Waals surface area contributed by atoms with E-state index in [0.29, 0.717) is 0 Å². The van der Waals surface area contributed by atoms with E-state index in [4.69, 9.17) is 0 Å². The van der Waals surface area contributed by atoms with Gasteiger partial charge in [0, 0.05) is 0 Å². The van der Waals surface area contributed by atoms with Gasteiger partial charge >= 0.3 is 0 Å². The highest BCUT2D eigenvalue weighted by Crippen LogP contribution is 2.16. The fourth-order valence-corrected chi connectivity index (χ4v) is 2.62. The Morgan fingerprint density at radius 1 is 0.667 bits per heavy atom. The smallest absolute Gasteiger partial charge is 0.0799 e. The molecule has 2 nitrogen and oxygen atoms in total. The number of aryl methyl sites for hydroxylation is 2. The minimum absolute atomic E-state index is 0.533. The van der Waals surface area contributed by atoms with Crippen LogP contribution in [0, 0.1) is 0 Å². The van der Waals surface area contributed by atoms with Gasteiger partial charge in [-0.15, -0.1) is 0 Å². The van der Waals surface area contributed by atoms with Crippen molar-refractivity contribution in [3.63, 3.8) is 0 Å². The first-order valence-corrected chi connectivity index (χ1v) is 7.19. The Kier molecular flexibility index (Phi) is 5.21. The molecule has 0 unspecified atom stereocenters. The zero-order chi connectivity index (χ0) is 12.8. The molecule has 2 heteroatoms. The second kappa shape index (κ2) is 6.91. The van der Waals surface area contributed by atoms with Crippen LogP contribution in [0.15, 0.2) is 24.3 Å². The third-order valence-corrected chi connectivity index (χ3v) is 3.90. The van der Waals surface area contributed by atoms with Crippen LogP contribution < -0.4 is 0 Å². The van der Waals surface area contributed by atoms with Crippen molar-refractivity contribution < 1.29 is 10.2 Å². The molecule has 0 saturated carbocycles. The lowest BCUT2D eigenvalue weighted by atomic mass is 9.97. The van der Waals surface area contributed by atoms with E-state index in [-0.39, 0.29) is 0 Å². The van der Waals surface area contributed by atoms with Crippen LogP contribution in [0.2, 0.25) is 0 Å². The summed E-state index contributed by atoms with van der Waals surface area (Å²) in [4.78, 5) is 0. The molecule has 2 N–H and O–H groups in total. The molecule has 0 saturated heterocycles. The number of hydrogen-bond donors (Lipinski definition) is 2. The predicted octanol–water partition coefficient (Wildman–Crippen LogP) is 2.85. The Balaban J connectivity index is 1.97. The molecule has 0 spiro atoms. The summed E-state index contributed by atoms with van der Waals surface area (Å²) in [6, 6.07) is 8.91. The number of aliphatic hydroxyl groups excluding tert-OH is 2. The van der Waals surface area contributed by atoms with E-state index in [0.717, 1.165) is 51.4 Å². The molecule has 2 aliphatic carbocycles. The van der Waals surface area contributed by atoms with E-state index in [1.165, 1.54) is 11.1 Å². The van der Waals surface area contributed by atoms with Gasteiger partial charge in [-0.3, -0.25) is 0 Å². The number of rotatable bonds is 0. The molecule has 0 radical (unpaired) electrons. The summed E-state index contributed by atoms with van der Waals surface area (Å²) in [5, 5.41) is 19.7. The number of aliphatic hydroxyl groups is 2. The molecule has 2 bridgehead atoms. The monoisotopic (exact) mass is 248 g/mol. The fraction of sp³-hybridized carbons (Fsp3) is 0.625. The fourth-order valence-electron chi connectivity index (χ4n) is 2.62. The van der Waals surface area contributed by atoms with Gasteiger partial charge in [0.2, 0.25) is 0 Å². The average Bonchev–Trinajstić information content (AvgIpc) is 2.40. The highest BCUT2D eigenvalue weighted by Gasteiger charge is 2.15. The summed E-state index contributed by atoms with van der Waals surface area (Å²) in [6.07, 6.45) is 6.67. The topological polar surface area (TPSA) is 40.5 Å². The maximum atomic E-state index is 9.83. The van der Waals surface area contributed by atoms with Crippen molar-refractivity contribution in [2.24, 2.45) is 0 Å². The van der Waals surface area contributed by atoms with E-state index in [1.807, 2.05) is 0 Å². The van der Waals surface area contributed by atoms with Gasteiger partial charge in [-0.2, -0.15) is 0 Å². The van der Waals surface area contributed by atoms with E-state index in [1.54, 1.807) is 0 Å². The van der Waals surface area contributed by atoms with E-state index < -0.39 is 12.2 Å². The van der Waals surface area contributed by atoms with Crippen LogP contribution in [0.3, 0.4) is 0 Å². The zero-order valence-electron chi connectivity index (χ0n) is 11.0. The molecular formula is C16H24O2. The Bertz CT molecular complexity index is 310. The zero-order valence-corrected chi connectivity index (χ0v) is 11.0. The summed E-state index contributed by atoms with van der Waals surface area (Å²) >= 11 is 0. The molecule has 0 aliphatic heterocycles. The van der Waals surface area contributed by atoms with Gasteiger partial charge in [-0.05, 0) is 49.7 Å². The van der Waals surface area contributed by atoms with E-state index >= 15 is 0 Å². The van der Waals surface area contributed by atoms with Gasteiger partial charge in [0.15, 0.2) is 0 Å². The van der Waals surface area contributed by atoms with Crippen LogP contribution in [0.4, 0.5) is 0 Å².